The molecule has 0 radical (unpaired) electrons. The van der Waals surface area contributed by atoms with Gasteiger partial charge in [-0.05, 0) is 23.5 Å². The van der Waals surface area contributed by atoms with Crippen molar-refractivity contribution in [3.8, 4) is 0 Å². The van der Waals surface area contributed by atoms with Gasteiger partial charge in [0.25, 0.3) is 0 Å². The molecule has 0 fully saturated rings. The third-order valence-corrected chi connectivity index (χ3v) is 2.42. The first-order valence-electron chi connectivity index (χ1n) is 5.58. The molecule has 0 spiro atoms. The van der Waals surface area contributed by atoms with E-state index < -0.39 is 0 Å². The summed E-state index contributed by atoms with van der Waals surface area (Å²) in [6, 6.07) is 8.16. The Labute approximate surface area is 97.2 Å². The number of nitrogens with two attached hydrogens (primary N) is 1. The molecule has 2 N–H and O–H groups in total. The van der Waals surface area contributed by atoms with Gasteiger partial charge < -0.3 is 0 Å². The largest absolute Gasteiger partial charge is 0.284 e. The fraction of sp³-hybridized carbons (Fsp3) is 0.462. The molecule has 0 saturated carbocycles. The summed E-state index contributed by atoms with van der Waals surface area (Å²) in [4.78, 5) is 11.4. The number of hydrazine groups is 1. The molecule has 0 bridgehead atoms. The van der Waals surface area contributed by atoms with E-state index in [1.165, 1.54) is 5.56 Å². The predicted molar refractivity (Wildman–Crippen MR) is 65.6 cm³/mol. The fourth-order valence-corrected chi connectivity index (χ4v) is 1.56. The molecular weight excluding hydrogens is 200 g/mol. The van der Waals surface area contributed by atoms with Crippen LogP contribution in [-0.2, 0) is 17.6 Å². The van der Waals surface area contributed by atoms with E-state index in [0.717, 1.165) is 17.0 Å². The van der Waals surface area contributed by atoms with E-state index >= 15 is 0 Å². The van der Waals surface area contributed by atoms with Crippen LogP contribution < -0.4 is 5.84 Å². The second-order valence-corrected chi connectivity index (χ2v) is 4.60. The Hall–Kier alpha value is -1.35. The van der Waals surface area contributed by atoms with Gasteiger partial charge >= 0.3 is 0 Å². The third kappa shape index (κ3) is 4.03. The van der Waals surface area contributed by atoms with Crippen LogP contribution in [0.15, 0.2) is 24.3 Å². The summed E-state index contributed by atoms with van der Waals surface area (Å²) < 4.78 is 0. The minimum Gasteiger partial charge on any atom is -0.284 e. The minimum atomic E-state index is -0.0726. The molecule has 1 rings (SSSR count). The van der Waals surface area contributed by atoms with Crippen molar-refractivity contribution in [2.24, 2.45) is 11.8 Å². The van der Waals surface area contributed by atoms with Crippen LogP contribution in [0.3, 0.4) is 0 Å². The summed E-state index contributed by atoms with van der Waals surface area (Å²) in [6.45, 7) is 4.39. The van der Waals surface area contributed by atoms with Crippen LogP contribution in [0.4, 0.5) is 0 Å². The van der Waals surface area contributed by atoms with Crippen LogP contribution >= 0.6 is 0 Å². The first-order chi connectivity index (χ1) is 7.49. The summed E-state index contributed by atoms with van der Waals surface area (Å²) in [7, 11) is 1.56. The summed E-state index contributed by atoms with van der Waals surface area (Å²) in [5.41, 5.74) is 2.32. The monoisotopic (exact) mass is 220 g/mol. The molecule has 0 atom stereocenters. The standard InChI is InChI=1S/C13H20N2O/c1-10(2)8-11-4-6-12(7-5-11)9-13(16)15(3)14/h4-7,10H,8-9,14H2,1-3H3. The van der Waals surface area contributed by atoms with E-state index in [-0.39, 0.29) is 5.91 Å². The molecule has 16 heavy (non-hydrogen) atoms. The lowest BCUT2D eigenvalue weighted by Gasteiger charge is -2.10. The van der Waals surface area contributed by atoms with Gasteiger partial charge in [0.1, 0.15) is 0 Å². The number of hydrogen-bond acceptors (Lipinski definition) is 2. The van der Waals surface area contributed by atoms with Gasteiger partial charge in [-0.15, -0.1) is 0 Å². The zero-order chi connectivity index (χ0) is 12.1. The Morgan fingerprint density at radius 3 is 2.19 bits per heavy atom. The molecule has 0 aliphatic carbocycles. The Balaban J connectivity index is 2.61. The lowest BCUT2D eigenvalue weighted by atomic mass is 10.0. The van der Waals surface area contributed by atoms with Crippen molar-refractivity contribution in [1.29, 1.82) is 0 Å². The third-order valence-electron chi connectivity index (χ3n) is 2.42. The second-order valence-electron chi connectivity index (χ2n) is 4.60. The molecule has 88 valence electrons. The highest BCUT2D eigenvalue weighted by atomic mass is 16.2. The molecule has 3 heteroatoms. The highest BCUT2D eigenvalue weighted by molar-refractivity contribution is 5.77. The van der Waals surface area contributed by atoms with E-state index in [9.17, 15) is 4.79 Å². The molecule has 0 aromatic heterocycles. The van der Waals surface area contributed by atoms with E-state index in [1.54, 1.807) is 7.05 Å². The summed E-state index contributed by atoms with van der Waals surface area (Å²) in [5.74, 6) is 5.95. The Kier molecular flexibility index (Phi) is 4.50. The molecular formula is C13H20N2O. The fourth-order valence-electron chi connectivity index (χ4n) is 1.56. The van der Waals surface area contributed by atoms with Gasteiger partial charge in [0, 0.05) is 7.05 Å². The van der Waals surface area contributed by atoms with E-state index in [2.05, 4.69) is 26.0 Å². The summed E-state index contributed by atoms with van der Waals surface area (Å²) >= 11 is 0. The molecule has 0 heterocycles. The van der Waals surface area contributed by atoms with Crippen molar-refractivity contribution in [3.63, 3.8) is 0 Å². The van der Waals surface area contributed by atoms with Gasteiger partial charge in [-0.25, -0.2) is 5.84 Å². The maximum absolute atomic E-state index is 11.4. The Morgan fingerprint density at radius 2 is 1.75 bits per heavy atom. The lowest BCUT2D eigenvalue weighted by molar-refractivity contribution is -0.129. The minimum absolute atomic E-state index is 0.0726. The summed E-state index contributed by atoms with van der Waals surface area (Å²) in [6.07, 6.45) is 1.44. The number of rotatable bonds is 4. The van der Waals surface area contributed by atoms with Gasteiger partial charge in [0.15, 0.2) is 0 Å². The SMILES string of the molecule is CC(C)Cc1ccc(CC(=O)N(C)N)cc1. The highest BCUT2D eigenvalue weighted by Gasteiger charge is 2.06. The normalized spacial score (nSPS) is 10.6. The molecule has 1 aromatic carbocycles. The van der Waals surface area contributed by atoms with Gasteiger partial charge in [0.2, 0.25) is 5.91 Å². The first kappa shape index (κ1) is 12.7. The Morgan fingerprint density at radius 1 is 1.25 bits per heavy atom. The van der Waals surface area contributed by atoms with Crippen molar-refractivity contribution < 1.29 is 4.79 Å². The predicted octanol–water partition coefficient (Wildman–Crippen LogP) is 1.76. The van der Waals surface area contributed by atoms with Gasteiger partial charge in [0.05, 0.1) is 6.42 Å². The van der Waals surface area contributed by atoms with E-state index in [0.29, 0.717) is 12.3 Å². The maximum atomic E-state index is 11.4. The lowest BCUT2D eigenvalue weighted by Crippen LogP contribution is -2.34. The molecule has 1 aromatic rings. The van der Waals surface area contributed by atoms with Crippen molar-refractivity contribution in [2.45, 2.75) is 26.7 Å². The van der Waals surface area contributed by atoms with Crippen LogP contribution in [-0.4, -0.2) is 18.0 Å². The maximum Gasteiger partial charge on any atom is 0.240 e. The smallest absolute Gasteiger partial charge is 0.240 e. The summed E-state index contributed by atoms with van der Waals surface area (Å²) in [5, 5.41) is 1.13. The number of hydrogen-bond donors (Lipinski definition) is 1. The number of nitrogens with zero attached hydrogens (tertiary/aromatic N) is 1. The van der Waals surface area contributed by atoms with E-state index in [1.807, 2.05) is 12.1 Å². The number of amides is 1. The molecule has 3 nitrogen and oxygen atoms in total. The zero-order valence-corrected chi connectivity index (χ0v) is 10.2. The Bertz CT molecular complexity index is 341. The van der Waals surface area contributed by atoms with Crippen molar-refractivity contribution >= 4 is 5.91 Å². The molecule has 0 aliphatic rings. The highest BCUT2D eigenvalue weighted by Crippen LogP contribution is 2.10. The van der Waals surface area contributed by atoms with Crippen molar-refractivity contribution in [1.82, 2.24) is 5.01 Å². The quantitative estimate of drug-likeness (QED) is 0.477. The van der Waals surface area contributed by atoms with E-state index in [4.69, 9.17) is 5.84 Å². The van der Waals surface area contributed by atoms with Crippen LogP contribution in [0.1, 0.15) is 25.0 Å². The van der Waals surface area contributed by atoms with Crippen LogP contribution in [0.25, 0.3) is 0 Å². The average Bonchev–Trinajstić information content (AvgIpc) is 2.20. The van der Waals surface area contributed by atoms with Gasteiger partial charge in [-0.1, -0.05) is 38.1 Å². The van der Waals surface area contributed by atoms with Crippen molar-refractivity contribution in [2.75, 3.05) is 7.05 Å². The molecule has 0 unspecified atom stereocenters. The zero-order valence-electron chi connectivity index (χ0n) is 10.2. The molecule has 0 aliphatic heterocycles. The number of carbonyl (C=O) groups is 1. The van der Waals surface area contributed by atoms with Gasteiger partial charge in [-0.3, -0.25) is 9.80 Å². The molecule has 0 saturated heterocycles. The van der Waals surface area contributed by atoms with Crippen LogP contribution in [0.5, 0.6) is 0 Å². The topological polar surface area (TPSA) is 46.3 Å². The molecule has 1 amide bonds. The number of carbonyl (C=O) groups excluding carboxylic acids is 1. The van der Waals surface area contributed by atoms with Gasteiger partial charge in [-0.2, -0.15) is 0 Å². The van der Waals surface area contributed by atoms with Crippen molar-refractivity contribution in [3.05, 3.63) is 35.4 Å². The van der Waals surface area contributed by atoms with Crippen LogP contribution in [0.2, 0.25) is 0 Å². The first-order valence-corrected chi connectivity index (χ1v) is 5.58. The second kappa shape index (κ2) is 5.66. The number of benzene rings is 1. The number of likely N-dealkylation sites (N-methyl/N-ethyl adjacent to an activating group) is 1. The van der Waals surface area contributed by atoms with Crippen LogP contribution in [0, 0.1) is 5.92 Å². The average molecular weight is 220 g/mol.